The van der Waals surface area contributed by atoms with Gasteiger partial charge in [0.15, 0.2) is 0 Å². The van der Waals surface area contributed by atoms with E-state index in [4.69, 9.17) is 0 Å². The molecule has 1 aliphatic heterocycles. The molecule has 2 heteroatoms. The summed E-state index contributed by atoms with van der Waals surface area (Å²) in [6.07, 6.45) is 1.00. The molecular weight excluding hydrogens is 162 g/mol. The number of hydrogen-bond acceptors (Lipinski definition) is 2. The maximum Gasteiger partial charge on any atom is 0.0292 e. The molecule has 0 aromatic heterocycles. The number of nitrogens with zero attached hydrogens (tertiary/aromatic N) is 1. The van der Waals surface area contributed by atoms with Crippen molar-refractivity contribution >= 4 is 5.69 Å². The molecule has 0 unspecified atom stereocenters. The van der Waals surface area contributed by atoms with Crippen LogP contribution in [0.5, 0.6) is 0 Å². The molecule has 1 aromatic carbocycles. The molecule has 0 amide bonds. The molecule has 0 bridgehead atoms. The average Bonchev–Trinajstić information content (AvgIpc) is 2.02. The van der Waals surface area contributed by atoms with Crippen molar-refractivity contribution in [2.24, 2.45) is 5.41 Å². The van der Waals surface area contributed by atoms with E-state index in [1.165, 1.54) is 5.56 Å². The highest BCUT2D eigenvalue weighted by molar-refractivity contribution is 5.56. The van der Waals surface area contributed by atoms with Gasteiger partial charge < -0.3 is 10.3 Å². The molecule has 1 heterocycles. The van der Waals surface area contributed by atoms with E-state index in [9.17, 15) is 5.21 Å². The Labute approximate surface area is 78.8 Å². The van der Waals surface area contributed by atoms with E-state index >= 15 is 0 Å². The number of hydrogen-bond donors (Lipinski definition) is 0. The first-order chi connectivity index (χ1) is 6.08. The molecule has 0 atom stereocenters. The standard InChI is InChI=1S/C11H14NO/c1-11(2)7-9-5-3-4-6-10(9)12(13)8-11/h3-6H,7-8H2,1-2H3/q-1. The van der Waals surface area contributed by atoms with E-state index < -0.39 is 0 Å². The maximum atomic E-state index is 11.6. The molecule has 0 N–H and O–H groups in total. The van der Waals surface area contributed by atoms with Crippen molar-refractivity contribution in [2.45, 2.75) is 20.3 Å². The largest absolute Gasteiger partial charge is 0.758 e. The van der Waals surface area contributed by atoms with E-state index in [0.717, 1.165) is 17.2 Å². The van der Waals surface area contributed by atoms with Gasteiger partial charge in [-0.2, -0.15) is 0 Å². The van der Waals surface area contributed by atoms with Crippen molar-refractivity contribution < 1.29 is 0 Å². The third-order valence-corrected chi connectivity index (χ3v) is 2.50. The van der Waals surface area contributed by atoms with Crippen LogP contribution in [-0.2, 0) is 6.42 Å². The van der Waals surface area contributed by atoms with Crippen LogP contribution in [0.1, 0.15) is 19.4 Å². The summed E-state index contributed by atoms with van der Waals surface area (Å²) in [5.41, 5.74) is 2.13. The third kappa shape index (κ3) is 1.54. The summed E-state index contributed by atoms with van der Waals surface area (Å²) in [6.45, 7) is 4.87. The highest BCUT2D eigenvalue weighted by Gasteiger charge is 2.25. The molecule has 0 fully saturated rings. The molecule has 70 valence electrons. The minimum absolute atomic E-state index is 0.107. The summed E-state index contributed by atoms with van der Waals surface area (Å²) in [4.78, 5) is 0. The molecule has 0 spiro atoms. The zero-order valence-corrected chi connectivity index (χ0v) is 8.08. The van der Waals surface area contributed by atoms with Gasteiger partial charge in [0.2, 0.25) is 0 Å². The van der Waals surface area contributed by atoms with Crippen LogP contribution >= 0.6 is 0 Å². The number of hydroxylamine groups is 1. The molecule has 2 rings (SSSR count). The Morgan fingerprint density at radius 1 is 1.31 bits per heavy atom. The fraction of sp³-hybridized carbons (Fsp3) is 0.455. The predicted molar refractivity (Wildman–Crippen MR) is 54.6 cm³/mol. The van der Waals surface area contributed by atoms with Gasteiger partial charge in [-0.3, -0.25) is 0 Å². The van der Waals surface area contributed by atoms with Gasteiger partial charge in [-0.25, -0.2) is 0 Å². The highest BCUT2D eigenvalue weighted by atomic mass is 16.5. The number of benzene rings is 1. The van der Waals surface area contributed by atoms with E-state index in [0.29, 0.717) is 6.54 Å². The summed E-state index contributed by atoms with van der Waals surface area (Å²) in [5, 5.41) is 12.7. The van der Waals surface area contributed by atoms with E-state index in [2.05, 4.69) is 13.8 Å². The third-order valence-electron chi connectivity index (χ3n) is 2.50. The van der Waals surface area contributed by atoms with Crippen LogP contribution in [0.25, 0.3) is 0 Å². The lowest BCUT2D eigenvalue weighted by Crippen LogP contribution is -2.36. The first-order valence-electron chi connectivity index (χ1n) is 4.61. The van der Waals surface area contributed by atoms with Crippen molar-refractivity contribution in [1.82, 2.24) is 0 Å². The van der Waals surface area contributed by atoms with Crippen LogP contribution in [0, 0.1) is 10.6 Å². The number of para-hydroxylation sites is 1. The van der Waals surface area contributed by atoms with Gasteiger partial charge in [0, 0.05) is 12.2 Å². The van der Waals surface area contributed by atoms with Crippen molar-refractivity contribution in [3.63, 3.8) is 0 Å². The molecule has 0 radical (unpaired) electrons. The van der Waals surface area contributed by atoms with E-state index in [1.807, 2.05) is 24.3 Å². The van der Waals surface area contributed by atoms with Crippen LogP contribution in [0.2, 0.25) is 0 Å². The fourth-order valence-corrected chi connectivity index (χ4v) is 1.95. The van der Waals surface area contributed by atoms with Gasteiger partial charge in [0.1, 0.15) is 0 Å². The quantitative estimate of drug-likeness (QED) is 0.607. The van der Waals surface area contributed by atoms with Crippen LogP contribution in [-0.4, -0.2) is 6.54 Å². The van der Waals surface area contributed by atoms with Gasteiger partial charge >= 0.3 is 0 Å². The molecule has 0 aliphatic carbocycles. The summed E-state index contributed by atoms with van der Waals surface area (Å²) in [5.74, 6) is 0. The fourth-order valence-electron chi connectivity index (χ4n) is 1.95. The number of fused-ring (bicyclic) bond motifs is 1. The van der Waals surface area contributed by atoms with Crippen molar-refractivity contribution in [3.8, 4) is 0 Å². The van der Waals surface area contributed by atoms with Crippen LogP contribution in [0.15, 0.2) is 24.3 Å². The topological polar surface area (TPSA) is 26.3 Å². The summed E-state index contributed by atoms with van der Waals surface area (Å²) in [6, 6.07) is 7.86. The summed E-state index contributed by atoms with van der Waals surface area (Å²) < 4.78 is 0. The molecule has 1 aromatic rings. The number of anilines is 1. The monoisotopic (exact) mass is 176 g/mol. The van der Waals surface area contributed by atoms with Crippen molar-refractivity contribution in [3.05, 3.63) is 35.0 Å². The normalized spacial score (nSPS) is 19.8. The molecule has 13 heavy (non-hydrogen) atoms. The Morgan fingerprint density at radius 2 is 2.00 bits per heavy atom. The minimum Gasteiger partial charge on any atom is -0.758 e. The SMILES string of the molecule is CC1(C)Cc2ccccc2N([O-])C1. The lowest BCUT2D eigenvalue weighted by Gasteiger charge is -2.44. The Morgan fingerprint density at radius 3 is 2.77 bits per heavy atom. The van der Waals surface area contributed by atoms with Crippen molar-refractivity contribution in [2.75, 3.05) is 11.6 Å². The second kappa shape index (κ2) is 2.74. The molecule has 2 nitrogen and oxygen atoms in total. The molecular formula is C11H14NO-. The van der Waals surface area contributed by atoms with E-state index in [1.54, 1.807) is 0 Å². The smallest absolute Gasteiger partial charge is 0.0292 e. The lowest BCUT2D eigenvalue weighted by atomic mass is 9.82. The summed E-state index contributed by atoms with van der Waals surface area (Å²) in [7, 11) is 0. The predicted octanol–water partition coefficient (Wildman–Crippen LogP) is 2.57. The second-order valence-corrected chi connectivity index (χ2v) is 4.51. The summed E-state index contributed by atoms with van der Waals surface area (Å²) >= 11 is 0. The highest BCUT2D eigenvalue weighted by Crippen LogP contribution is 2.35. The zero-order valence-electron chi connectivity index (χ0n) is 8.08. The average molecular weight is 176 g/mol. The number of rotatable bonds is 0. The first kappa shape index (κ1) is 8.57. The van der Waals surface area contributed by atoms with Gasteiger partial charge in [-0.1, -0.05) is 32.0 Å². The Hall–Kier alpha value is -1.02. The molecule has 1 aliphatic rings. The van der Waals surface area contributed by atoms with Gasteiger partial charge in [0.25, 0.3) is 0 Å². The Balaban J connectivity index is 2.43. The Kier molecular flexibility index (Phi) is 1.81. The van der Waals surface area contributed by atoms with Crippen LogP contribution in [0.4, 0.5) is 5.69 Å². The van der Waals surface area contributed by atoms with Crippen LogP contribution in [0.3, 0.4) is 0 Å². The Bertz CT molecular complexity index is 320. The van der Waals surface area contributed by atoms with Gasteiger partial charge in [-0.15, -0.1) is 0 Å². The zero-order chi connectivity index (χ0) is 9.47. The van der Waals surface area contributed by atoms with Crippen molar-refractivity contribution in [1.29, 1.82) is 0 Å². The molecule has 0 saturated carbocycles. The van der Waals surface area contributed by atoms with E-state index in [-0.39, 0.29) is 5.41 Å². The van der Waals surface area contributed by atoms with Crippen LogP contribution < -0.4 is 5.06 Å². The lowest BCUT2D eigenvalue weighted by molar-refractivity contribution is 0.360. The maximum absolute atomic E-state index is 11.6. The first-order valence-corrected chi connectivity index (χ1v) is 4.61. The van der Waals surface area contributed by atoms with Gasteiger partial charge in [-0.05, 0) is 23.5 Å². The van der Waals surface area contributed by atoms with Gasteiger partial charge in [0.05, 0.1) is 0 Å². The second-order valence-electron chi connectivity index (χ2n) is 4.51. The molecule has 0 saturated heterocycles. The minimum atomic E-state index is 0.107.